The van der Waals surface area contributed by atoms with Crippen molar-refractivity contribution in [3.63, 3.8) is 0 Å². The second-order valence-electron chi connectivity index (χ2n) is 5.59. The first-order chi connectivity index (χ1) is 9.76. The molecule has 6 heteroatoms. The second kappa shape index (κ2) is 5.73. The number of anilines is 2. The summed E-state index contributed by atoms with van der Waals surface area (Å²) in [5.74, 6) is 0.0781. The fraction of sp³-hybridized carbons (Fsp3) is 0.333. The molecule has 21 heavy (non-hydrogen) atoms. The van der Waals surface area contributed by atoms with Crippen molar-refractivity contribution in [2.24, 2.45) is 0 Å². The molecule has 0 saturated heterocycles. The van der Waals surface area contributed by atoms with Crippen LogP contribution in [-0.4, -0.2) is 21.8 Å². The summed E-state index contributed by atoms with van der Waals surface area (Å²) in [4.78, 5) is 19.1. The number of rotatable bonds is 2. The molecular weight excluding hydrogens is 288 g/mol. The van der Waals surface area contributed by atoms with E-state index in [-0.39, 0.29) is 5.75 Å². The van der Waals surface area contributed by atoms with Crippen molar-refractivity contribution in [3.8, 4) is 5.75 Å². The van der Waals surface area contributed by atoms with Crippen LogP contribution < -0.4 is 4.90 Å². The number of hydrogen-bond acceptors (Lipinski definition) is 5. The number of phenolic OH excluding ortho intramolecular Hbond substituents is 1. The van der Waals surface area contributed by atoms with Gasteiger partial charge >= 0.3 is 6.09 Å². The van der Waals surface area contributed by atoms with Gasteiger partial charge in [-0.25, -0.2) is 14.7 Å². The smallest absolute Gasteiger partial charge is 0.421 e. The lowest BCUT2D eigenvalue weighted by Crippen LogP contribution is -2.33. The van der Waals surface area contributed by atoms with Gasteiger partial charge in [0, 0.05) is 17.1 Å². The first-order valence-corrected chi connectivity index (χ1v) is 7.32. The molecule has 1 amide bonds. The van der Waals surface area contributed by atoms with Crippen LogP contribution in [0.25, 0.3) is 0 Å². The Bertz CT molecular complexity index is 646. The standard InChI is InChI=1S/C15H18N2O3S/c1-10-9-16-13(21-10)17(14(19)20-15(2,3)4)11-6-5-7-12(18)8-11/h5-9,18H,1-4H3. The normalized spacial score (nSPS) is 11.2. The lowest BCUT2D eigenvalue weighted by Gasteiger charge is -2.25. The Balaban J connectivity index is 2.42. The number of aryl methyl sites for hydroxylation is 1. The van der Waals surface area contributed by atoms with Gasteiger partial charge < -0.3 is 9.84 Å². The van der Waals surface area contributed by atoms with E-state index >= 15 is 0 Å². The molecular formula is C15H18N2O3S. The zero-order valence-electron chi connectivity index (χ0n) is 12.5. The van der Waals surface area contributed by atoms with Crippen LogP contribution in [0.1, 0.15) is 25.6 Å². The number of hydrogen-bond donors (Lipinski definition) is 1. The first kappa shape index (κ1) is 15.3. The summed E-state index contributed by atoms with van der Waals surface area (Å²) in [5.41, 5.74) is -0.100. The Morgan fingerprint density at radius 3 is 2.62 bits per heavy atom. The molecule has 0 spiro atoms. The molecule has 0 radical (unpaired) electrons. The molecule has 0 saturated carbocycles. The first-order valence-electron chi connectivity index (χ1n) is 6.51. The Morgan fingerprint density at radius 1 is 1.38 bits per heavy atom. The molecule has 112 valence electrons. The van der Waals surface area contributed by atoms with E-state index in [0.29, 0.717) is 10.8 Å². The summed E-state index contributed by atoms with van der Waals surface area (Å²) in [6.45, 7) is 7.33. The average molecular weight is 306 g/mol. The molecule has 2 aromatic rings. The third-order valence-corrected chi connectivity index (χ3v) is 3.36. The highest BCUT2D eigenvalue weighted by Crippen LogP contribution is 2.32. The number of amides is 1. The van der Waals surface area contributed by atoms with Gasteiger partial charge in [-0.05, 0) is 39.8 Å². The molecule has 0 fully saturated rings. The SMILES string of the molecule is Cc1cnc(N(C(=O)OC(C)(C)C)c2cccc(O)c2)s1. The van der Waals surface area contributed by atoms with E-state index in [9.17, 15) is 9.90 Å². The van der Waals surface area contributed by atoms with Crippen LogP contribution >= 0.6 is 11.3 Å². The molecule has 1 aromatic heterocycles. The maximum Gasteiger partial charge on any atom is 0.421 e. The zero-order chi connectivity index (χ0) is 15.6. The molecule has 2 rings (SSSR count). The number of nitrogens with zero attached hydrogens (tertiary/aromatic N) is 2. The number of carbonyl (C=O) groups is 1. The number of benzene rings is 1. The summed E-state index contributed by atoms with van der Waals surface area (Å²) < 4.78 is 5.43. The van der Waals surface area contributed by atoms with Crippen molar-refractivity contribution in [1.82, 2.24) is 4.98 Å². The maximum absolute atomic E-state index is 12.5. The topological polar surface area (TPSA) is 62.7 Å². The third kappa shape index (κ3) is 3.95. The fourth-order valence-corrected chi connectivity index (χ4v) is 2.45. The van der Waals surface area contributed by atoms with E-state index in [1.54, 1.807) is 45.2 Å². The summed E-state index contributed by atoms with van der Waals surface area (Å²) in [6.07, 6.45) is 1.17. The average Bonchev–Trinajstić information content (AvgIpc) is 2.73. The number of carbonyl (C=O) groups excluding carboxylic acids is 1. The Kier molecular flexibility index (Phi) is 4.18. The van der Waals surface area contributed by atoms with Gasteiger partial charge in [-0.3, -0.25) is 0 Å². The second-order valence-corrected chi connectivity index (χ2v) is 6.80. The van der Waals surface area contributed by atoms with E-state index in [0.717, 1.165) is 4.88 Å². The van der Waals surface area contributed by atoms with Crippen LogP contribution in [-0.2, 0) is 4.74 Å². The predicted molar refractivity (Wildman–Crippen MR) is 83.3 cm³/mol. The molecule has 1 heterocycles. The largest absolute Gasteiger partial charge is 0.508 e. The molecule has 0 aliphatic heterocycles. The van der Waals surface area contributed by atoms with Crippen LogP contribution in [0.5, 0.6) is 5.75 Å². The van der Waals surface area contributed by atoms with Crippen LogP contribution in [0.4, 0.5) is 15.6 Å². The predicted octanol–water partition coefficient (Wildman–Crippen LogP) is 4.23. The molecule has 0 bridgehead atoms. The van der Waals surface area contributed by atoms with Crippen LogP contribution in [0.2, 0.25) is 0 Å². The van der Waals surface area contributed by atoms with Crippen molar-refractivity contribution in [1.29, 1.82) is 0 Å². The highest BCUT2D eigenvalue weighted by Gasteiger charge is 2.27. The van der Waals surface area contributed by atoms with E-state index in [4.69, 9.17) is 4.74 Å². The summed E-state index contributed by atoms with van der Waals surface area (Å²) in [7, 11) is 0. The lowest BCUT2D eigenvalue weighted by atomic mass is 10.2. The van der Waals surface area contributed by atoms with Gasteiger partial charge in [0.2, 0.25) is 0 Å². The monoisotopic (exact) mass is 306 g/mol. The van der Waals surface area contributed by atoms with E-state index < -0.39 is 11.7 Å². The summed E-state index contributed by atoms with van der Waals surface area (Å²) in [5, 5.41) is 10.1. The molecule has 1 aromatic carbocycles. The van der Waals surface area contributed by atoms with Gasteiger partial charge in [0.1, 0.15) is 11.4 Å². The maximum atomic E-state index is 12.5. The lowest BCUT2D eigenvalue weighted by molar-refractivity contribution is 0.0599. The Labute approximate surface area is 127 Å². The highest BCUT2D eigenvalue weighted by molar-refractivity contribution is 7.15. The number of aromatic hydroxyl groups is 1. The third-order valence-electron chi connectivity index (χ3n) is 2.46. The minimum absolute atomic E-state index is 0.0781. The Morgan fingerprint density at radius 2 is 2.10 bits per heavy atom. The molecule has 0 aliphatic rings. The summed E-state index contributed by atoms with van der Waals surface area (Å²) >= 11 is 1.38. The minimum Gasteiger partial charge on any atom is -0.508 e. The summed E-state index contributed by atoms with van der Waals surface area (Å²) in [6, 6.07) is 6.44. The van der Waals surface area contributed by atoms with E-state index in [1.807, 2.05) is 6.92 Å². The number of aromatic nitrogens is 1. The van der Waals surface area contributed by atoms with Crippen molar-refractivity contribution in [2.45, 2.75) is 33.3 Å². The number of thiazole rings is 1. The quantitative estimate of drug-likeness (QED) is 0.902. The molecule has 0 aliphatic carbocycles. The highest BCUT2D eigenvalue weighted by atomic mass is 32.1. The van der Waals surface area contributed by atoms with Crippen molar-refractivity contribution in [3.05, 3.63) is 35.3 Å². The van der Waals surface area contributed by atoms with Gasteiger partial charge in [-0.1, -0.05) is 6.07 Å². The van der Waals surface area contributed by atoms with Crippen LogP contribution in [0.3, 0.4) is 0 Å². The molecule has 0 atom stereocenters. The van der Waals surface area contributed by atoms with Gasteiger partial charge in [0.05, 0.1) is 5.69 Å². The van der Waals surface area contributed by atoms with Crippen LogP contribution in [0.15, 0.2) is 30.5 Å². The number of ether oxygens (including phenoxy) is 1. The van der Waals surface area contributed by atoms with E-state index in [1.165, 1.54) is 22.3 Å². The van der Waals surface area contributed by atoms with Gasteiger partial charge in [-0.2, -0.15) is 0 Å². The van der Waals surface area contributed by atoms with Crippen LogP contribution in [0, 0.1) is 6.92 Å². The fourth-order valence-electron chi connectivity index (χ4n) is 1.68. The van der Waals surface area contributed by atoms with Gasteiger partial charge in [-0.15, -0.1) is 11.3 Å². The minimum atomic E-state index is -0.613. The van der Waals surface area contributed by atoms with Gasteiger partial charge in [0.25, 0.3) is 0 Å². The zero-order valence-corrected chi connectivity index (χ0v) is 13.3. The van der Waals surface area contributed by atoms with Crippen molar-refractivity contribution >= 4 is 28.2 Å². The number of phenols is 1. The molecule has 0 unspecified atom stereocenters. The van der Waals surface area contributed by atoms with Gasteiger partial charge in [0.15, 0.2) is 5.13 Å². The molecule has 1 N–H and O–H groups in total. The van der Waals surface area contributed by atoms with Crippen molar-refractivity contribution in [2.75, 3.05) is 4.90 Å². The Hall–Kier alpha value is -2.08. The van der Waals surface area contributed by atoms with E-state index in [2.05, 4.69) is 4.98 Å². The van der Waals surface area contributed by atoms with Crippen molar-refractivity contribution < 1.29 is 14.6 Å². The molecule has 5 nitrogen and oxygen atoms in total.